The van der Waals surface area contributed by atoms with Gasteiger partial charge >= 0.3 is 0 Å². The van der Waals surface area contributed by atoms with Crippen molar-refractivity contribution in [3.05, 3.63) is 41.8 Å². The predicted molar refractivity (Wildman–Crippen MR) is 59.2 cm³/mol. The smallest absolute Gasteiger partial charge is 0.226 e. The van der Waals surface area contributed by atoms with E-state index in [0.29, 0.717) is 18.2 Å². The lowest BCUT2D eigenvalue weighted by Crippen LogP contribution is -1.92. The summed E-state index contributed by atoms with van der Waals surface area (Å²) in [5, 5.41) is 0. The van der Waals surface area contributed by atoms with Crippen molar-refractivity contribution in [2.75, 3.05) is 0 Å². The van der Waals surface area contributed by atoms with Crippen LogP contribution in [0.15, 0.2) is 34.9 Å². The van der Waals surface area contributed by atoms with E-state index in [-0.39, 0.29) is 0 Å². The Hall–Kier alpha value is -1.61. The summed E-state index contributed by atoms with van der Waals surface area (Å²) in [5.41, 5.74) is 7.76. The van der Waals surface area contributed by atoms with E-state index in [0.717, 1.165) is 12.0 Å². The molecule has 0 atom stereocenters. The highest BCUT2D eigenvalue weighted by molar-refractivity contribution is 5.53. The Labute approximate surface area is 88.9 Å². The number of oxazole rings is 1. The Balaban J connectivity index is 2.28. The van der Waals surface area contributed by atoms with Crippen molar-refractivity contribution in [1.82, 2.24) is 4.98 Å². The van der Waals surface area contributed by atoms with Crippen molar-refractivity contribution in [2.24, 2.45) is 5.73 Å². The number of aromatic nitrogens is 1. The predicted octanol–water partition coefficient (Wildman–Crippen LogP) is 2.36. The van der Waals surface area contributed by atoms with Crippen LogP contribution in [0.2, 0.25) is 0 Å². The molecular formula is C12H14N2O. The van der Waals surface area contributed by atoms with Crippen LogP contribution in [0.3, 0.4) is 0 Å². The van der Waals surface area contributed by atoms with Crippen molar-refractivity contribution in [3.63, 3.8) is 0 Å². The molecule has 15 heavy (non-hydrogen) atoms. The van der Waals surface area contributed by atoms with Gasteiger partial charge in [-0.3, -0.25) is 0 Å². The van der Waals surface area contributed by atoms with Gasteiger partial charge in [0.05, 0.1) is 12.7 Å². The van der Waals surface area contributed by atoms with E-state index in [4.69, 9.17) is 10.2 Å². The Morgan fingerprint density at radius 3 is 2.53 bits per heavy atom. The van der Waals surface area contributed by atoms with E-state index in [1.165, 1.54) is 5.56 Å². The van der Waals surface area contributed by atoms with Crippen LogP contribution in [-0.4, -0.2) is 4.98 Å². The molecule has 0 amide bonds. The van der Waals surface area contributed by atoms with Gasteiger partial charge in [-0.05, 0) is 24.1 Å². The second-order valence-corrected chi connectivity index (χ2v) is 3.39. The summed E-state index contributed by atoms with van der Waals surface area (Å²) >= 11 is 0. The van der Waals surface area contributed by atoms with Gasteiger partial charge in [-0.15, -0.1) is 0 Å². The molecule has 0 bridgehead atoms. The van der Waals surface area contributed by atoms with Crippen LogP contribution in [0.4, 0.5) is 0 Å². The minimum absolute atomic E-state index is 0.389. The number of benzene rings is 1. The van der Waals surface area contributed by atoms with E-state index in [9.17, 15) is 0 Å². The van der Waals surface area contributed by atoms with Crippen LogP contribution in [-0.2, 0) is 13.0 Å². The number of hydrogen-bond acceptors (Lipinski definition) is 3. The fourth-order valence-corrected chi connectivity index (χ4v) is 1.42. The van der Waals surface area contributed by atoms with Crippen molar-refractivity contribution < 1.29 is 4.42 Å². The third kappa shape index (κ3) is 2.07. The summed E-state index contributed by atoms with van der Waals surface area (Å²) in [6.45, 7) is 2.52. The molecule has 3 nitrogen and oxygen atoms in total. The molecule has 0 fully saturated rings. The van der Waals surface area contributed by atoms with Crippen molar-refractivity contribution in [2.45, 2.75) is 19.9 Å². The molecule has 2 N–H and O–H groups in total. The first-order valence-corrected chi connectivity index (χ1v) is 5.07. The average Bonchev–Trinajstić information content (AvgIpc) is 2.78. The fourth-order valence-electron chi connectivity index (χ4n) is 1.42. The monoisotopic (exact) mass is 202 g/mol. The third-order valence-corrected chi connectivity index (χ3v) is 2.36. The van der Waals surface area contributed by atoms with E-state index in [1.807, 2.05) is 12.1 Å². The Bertz CT molecular complexity index is 431. The molecule has 0 saturated carbocycles. The first-order chi connectivity index (χ1) is 7.33. The molecule has 1 aromatic carbocycles. The lowest BCUT2D eigenvalue weighted by molar-refractivity contribution is 0.521. The van der Waals surface area contributed by atoms with Gasteiger partial charge < -0.3 is 10.2 Å². The zero-order chi connectivity index (χ0) is 10.7. The fraction of sp³-hybridized carbons (Fsp3) is 0.250. The lowest BCUT2D eigenvalue weighted by atomic mass is 10.1. The maximum Gasteiger partial charge on any atom is 0.226 e. The van der Waals surface area contributed by atoms with Gasteiger partial charge in [-0.25, -0.2) is 4.98 Å². The standard InChI is InChI=1S/C12H14N2O/c1-2-9-3-5-10(6-4-9)12-14-8-11(7-13)15-12/h3-6,8H,2,7,13H2,1H3. The summed E-state index contributed by atoms with van der Waals surface area (Å²) in [4.78, 5) is 4.17. The Morgan fingerprint density at radius 1 is 1.27 bits per heavy atom. The maximum atomic E-state index is 5.46. The molecule has 2 aromatic rings. The van der Waals surface area contributed by atoms with E-state index >= 15 is 0 Å². The normalized spacial score (nSPS) is 10.5. The molecule has 1 heterocycles. The van der Waals surface area contributed by atoms with Crippen molar-refractivity contribution in [3.8, 4) is 11.5 Å². The molecule has 0 unspecified atom stereocenters. The molecule has 0 aliphatic rings. The van der Waals surface area contributed by atoms with Crippen LogP contribution in [0.5, 0.6) is 0 Å². The zero-order valence-electron chi connectivity index (χ0n) is 8.73. The summed E-state index contributed by atoms with van der Waals surface area (Å²) in [6.07, 6.45) is 2.71. The highest BCUT2D eigenvalue weighted by Crippen LogP contribution is 2.19. The van der Waals surface area contributed by atoms with Crippen LogP contribution in [0.25, 0.3) is 11.5 Å². The van der Waals surface area contributed by atoms with Gasteiger partial charge in [0.25, 0.3) is 0 Å². The topological polar surface area (TPSA) is 52.0 Å². The quantitative estimate of drug-likeness (QED) is 0.831. The molecule has 3 heteroatoms. The molecule has 78 valence electrons. The first kappa shape index (κ1) is 9.93. The summed E-state index contributed by atoms with van der Waals surface area (Å²) in [7, 11) is 0. The van der Waals surface area contributed by atoms with Crippen LogP contribution < -0.4 is 5.73 Å². The number of nitrogens with two attached hydrogens (primary N) is 1. The van der Waals surface area contributed by atoms with Gasteiger partial charge in [0, 0.05) is 5.56 Å². The van der Waals surface area contributed by atoms with Crippen LogP contribution in [0, 0.1) is 0 Å². The van der Waals surface area contributed by atoms with E-state index < -0.39 is 0 Å². The average molecular weight is 202 g/mol. The van der Waals surface area contributed by atoms with Gasteiger partial charge in [0.1, 0.15) is 5.76 Å². The van der Waals surface area contributed by atoms with E-state index in [1.54, 1.807) is 6.20 Å². The zero-order valence-corrected chi connectivity index (χ0v) is 8.73. The second-order valence-electron chi connectivity index (χ2n) is 3.39. The van der Waals surface area contributed by atoms with Gasteiger partial charge in [0.15, 0.2) is 0 Å². The largest absolute Gasteiger partial charge is 0.440 e. The first-order valence-electron chi connectivity index (χ1n) is 5.07. The van der Waals surface area contributed by atoms with Gasteiger partial charge in [-0.2, -0.15) is 0 Å². The van der Waals surface area contributed by atoms with Crippen LogP contribution >= 0.6 is 0 Å². The number of rotatable bonds is 3. The molecule has 0 radical (unpaired) electrons. The number of nitrogens with zero attached hydrogens (tertiary/aromatic N) is 1. The Kier molecular flexibility index (Phi) is 2.83. The lowest BCUT2D eigenvalue weighted by Gasteiger charge is -1.98. The summed E-state index contributed by atoms with van der Waals surface area (Å²) in [6, 6.07) is 8.21. The highest BCUT2D eigenvalue weighted by atomic mass is 16.4. The molecule has 0 aliphatic heterocycles. The molecule has 2 rings (SSSR count). The number of hydrogen-bond donors (Lipinski definition) is 1. The van der Waals surface area contributed by atoms with Crippen molar-refractivity contribution >= 4 is 0 Å². The summed E-state index contributed by atoms with van der Waals surface area (Å²) < 4.78 is 5.46. The maximum absolute atomic E-state index is 5.46. The van der Waals surface area contributed by atoms with Gasteiger partial charge in [0.2, 0.25) is 5.89 Å². The van der Waals surface area contributed by atoms with E-state index in [2.05, 4.69) is 24.0 Å². The van der Waals surface area contributed by atoms with Gasteiger partial charge in [-0.1, -0.05) is 19.1 Å². The Morgan fingerprint density at radius 2 is 2.00 bits per heavy atom. The van der Waals surface area contributed by atoms with Crippen molar-refractivity contribution in [1.29, 1.82) is 0 Å². The molecule has 0 saturated heterocycles. The molecular weight excluding hydrogens is 188 g/mol. The molecule has 0 aliphatic carbocycles. The minimum Gasteiger partial charge on any atom is -0.440 e. The molecule has 1 aromatic heterocycles. The summed E-state index contributed by atoms with van der Waals surface area (Å²) in [5.74, 6) is 1.35. The molecule has 0 spiro atoms. The minimum atomic E-state index is 0.389. The number of aryl methyl sites for hydroxylation is 1. The highest BCUT2D eigenvalue weighted by Gasteiger charge is 2.04. The second kappa shape index (κ2) is 4.28. The van der Waals surface area contributed by atoms with Crippen LogP contribution in [0.1, 0.15) is 18.2 Å². The SMILES string of the molecule is CCc1ccc(-c2ncc(CN)o2)cc1. The third-order valence-electron chi connectivity index (χ3n) is 2.36.